The summed E-state index contributed by atoms with van der Waals surface area (Å²) in [4.78, 5) is 12.1. The molecule has 1 nitrogen and oxygen atoms in total. The van der Waals surface area contributed by atoms with Gasteiger partial charge in [0.2, 0.25) is 0 Å². The molecule has 1 aromatic carbocycles. The molecule has 0 saturated carbocycles. The van der Waals surface area contributed by atoms with Gasteiger partial charge in [0.15, 0.2) is 5.78 Å². The monoisotopic (exact) mass is 280 g/mol. The maximum atomic E-state index is 12.5. The molecule has 0 amide bonds. The van der Waals surface area contributed by atoms with Gasteiger partial charge in [0.25, 0.3) is 0 Å². The Morgan fingerprint density at radius 3 is 1.84 bits per heavy atom. The standard InChI is InChI=1S/C17H25ClO/c1-11-8-14(9-12(2)13(11)3)15(19)10-16(4,5)17(6,7)18/h8-9H,10H2,1-7H3. The van der Waals surface area contributed by atoms with Crippen LogP contribution in [0.15, 0.2) is 12.1 Å². The zero-order chi connectivity index (χ0) is 15.0. The summed E-state index contributed by atoms with van der Waals surface area (Å²) in [6, 6.07) is 3.98. The maximum Gasteiger partial charge on any atom is 0.163 e. The van der Waals surface area contributed by atoms with Crippen LogP contribution in [0.5, 0.6) is 0 Å². The summed E-state index contributed by atoms with van der Waals surface area (Å²) >= 11 is 6.39. The van der Waals surface area contributed by atoms with E-state index in [9.17, 15) is 4.79 Å². The second kappa shape index (κ2) is 5.28. The van der Waals surface area contributed by atoms with E-state index in [0.717, 1.165) is 5.56 Å². The van der Waals surface area contributed by atoms with Gasteiger partial charge in [-0.1, -0.05) is 13.8 Å². The average Bonchev–Trinajstić information content (AvgIpc) is 2.22. The lowest BCUT2D eigenvalue weighted by Gasteiger charge is -2.36. The number of carbonyl (C=O) groups is 1. The van der Waals surface area contributed by atoms with Crippen molar-refractivity contribution >= 4 is 17.4 Å². The largest absolute Gasteiger partial charge is 0.294 e. The van der Waals surface area contributed by atoms with Gasteiger partial charge >= 0.3 is 0 Å². The third-order valence-corrected chi connectivity index (χ3v) is 4.97. The number of aryl methyl sites for hydroxylation is 2. The van der Waals surface area contributed by atoms with Gasteiger partial charge in [-0.15, -0.1) is 11.6 Å². The van der Waals surface area contributed by atoms with E-state index >= 15 is 0 Å². The number of benzene rings is 1. The lowest BCUT2D eigenvalue weighted by atomic mass is 9.75. The second-order valence-corrected chi connectivity index (χ2v) is 7.64. The summed E-state index contributed by atoms with van der Waals surface area (Å²) in [6.07, 6.45) is 0.464. The molecule has 0 aliphatic carbocycles. The molecular weight excluding hydrogens is 256 g/mol. The van der Waals surface area contributed by atoms with Crippen LogP contribution in [0.25, 0.3) is 0 Å². The van der Waals surface area contributed by atoms with Gasteiger partial charge in [0.1, 0.15) is 0 Å². The van der Waals surface area contributed by atoms with Crippen molar-refractivity contribution in [2.45, 2.75) is 59.8 Å². The van der Waals surface area contributed by atoms with Crippen molar-refractivity contribution < 1.29 is 4.79 Å². The molecule has 0 spiro atoms. The van der Waals surface area contributed by atoms with Crippen LogP contribution in [0.2, 0.25) is 0 Å². The highest BCUT2D eigenvalue weighted by molar-refractivity contribution is 6.24. The Hall–Kier alpha value is -0.820. The van der Waals surface area contributed by atoms with Gasteiger partial charge in [-0.2, -0.15) is 0 Å². The summed E-state index contributed by atoms with van der Waals surface area (Å²) in [7, 11) is 0. The molecule has 1 aromatic rings. The van der Waals surface area contributed by atoms with Gasteiger partial charge < -0.3 is 0 Å². The van der Waals surface area contributed by atoms with Crippen molar-refractivity contribution in [3.8, 4) is 0 Å². The molecule has 2 heteroatoms. The van der Waals surface area contributed by atoms with E-state index < -0.39 is 4.87 Å². The molecule has 0 unspecified atom stereocenters. The van der Waals surface area contributed by atoms with E-state index in [1.165, 1.54) is 16.7 Å². The maximum absolute atomic E-state index is 12.5. The molecule has 0 aliphatic rings. The third-order valence-electron chi connectivity index (χ3n) is 4.46. The average molecular weight is 281 g/mol. The summed E-state index contributed by atoms with van der Waals surface area (Å²) in [6.45, 7) is 14.2. The molecule has 19 heavy (non-hydrogen) atoms. The molecular formula is C17H25ClO. The number of halogens is 1. The second-order valence-electron chi connectivity index (χ2n) is 6.69. The van der Waals surface area contributed by atoms with Crippen molar-refractivity contribution in [1.82, 2.24) is 0 Å². The Kier molecular flexibility index (Phi) is 4.51. The van der Waals surface area contributed by atoms with Crippen LogP contribution >= 0.6 is 11.6 Å². The number of carbonyl (C=O) groups excluding carboxylic acids is 1. The third kappa shape index (κ3) is 3.60. The molecule has 0 heterocycles. The Morgan fingerprint density at radius 1 is 1.05 bits per heavy atom. The molecule has 0 fully saturated rings. The first-order valence-electron chi connectivity index (χ1n) is 6.75. The number of hydrogen-bond donors (Lipinski definition) is 0. The number of hydrogen-bond acceptors (Lipinski definition) is 1. The first-order valence-corrected chi connectivity index (χ1v) is 7.13. The van der Waals surface area contributed by atoms with Crippen LogP contribution in [0, 0.1) is 26.2 Å². The number of alkyl halides is 1. The van der Waals surface area contributed by atoms with Gasteiger partial charge in [0, 0.05) is 16.9 Å². The van der Waals surface area contributed by atoms with Crippen molar-refractivity contribution in [2.24, 2.45) is 5.41 Å². The van der Waals surface area contributed by atoms with E-state index in [4.69, 9.17) is 11.6 Å². The van der Waals surface area contributed by atoms with Gasteiger partial charge in [-0.25, -0.2) is 0 Å². The molecule has 0 saturated heterocycles. The molecule has 0 bridgehead atoms. The minimum atomic E-state index is -0.405. The van der Waals surface area contributed by atoms with E-state index in [0.29, 0.717) is 6.42 Å². The summed E-state index contributed by atoms with van der Waals surface area (Å²) in [5.41, 5.74) is 4.17. The van der Waals surface area contributed by atoms with Crippen LogP contribution < -0.4 is 0 Å². The molecule has 0 aliphatic heterocycles. The fourth-order valence-electron chi connectivity index (χ4n) is 1.91. The first-order chi connectivity index (χ1) is 8.45. The minimum Gasteiger partial charge on any atom is -0.294 e. The van der Waals surface area contributed by atoms with Gasteiger partial charge in [-0.05, 0) is 68.9 Å². The van der Waals surface area contributed by atoms with Crippen molar-refractivity contribution in [2.75, 3.05) is 0 Å². The topological polar surface area (TPSA) is 17.1 Å². The molecule has 106 valence electrons. The molecule has 1 rings (SSSR count). The first kappa shape index (κ1) is 16.2. The highest BCUT2D eigenvalue weighted by atomic mass is 35.5. The van der Waals surface area contributed by atoms with Gasteiger partial charge in [-0.3, -0.25) is 4.79 Å². The zero-order valence-corrected chi connectivity index (χ0v) is 13.9. The lowest BCUT2D eigenvalue weighted by molar-refractivity contribution is 0.0908. The van der Waals surface area contributed by atoms with E-state index in [2.05, 4.69) is 20.8 Å². The van der Waals surface area contributed by atoms with E-state index in [1.54, 1.807) is 0 Å². The Labute approximate surface area is 122 Å². The highest BCUT2D eigenvalue weighted by Gasteiger charge is 2.37. The summed E-state index contributed by atoms with van der Waals surface area (Å²) in [5.74, 6) is 0.171. The van der Waals surface area contributed by atoms with Crippen molar-refractivity contribution in [3.63, 3.8) is 0 Å². The smallest absolute Gasteiger partial charge is 0.163 e. The van der Waals surface area contributed by atoms with Gasteiger partial charge in [0.05, 0.1) is 0 Å². The van der Waals surface area contributed by atoms with E-state index in [-0.39, 0.29) is 11.2 Å². The highest BCUT2D eigenvalue weighted by Crippen LogP contribution is 2.40. The molecule has 0 atom stereocenters. The lowest BCUT2D eigenvalue weighted by Crippen LogP contribution is -2.35. The van der Waals surface area contributed by atoms with Crippen LogP contribution in [0.1, 0.15) is 61.2 Å². The molecule has 0 N–H and O–H groups in total. The zero-order valence-electron chi connectivity index (χ0n) is 13.1. The molecule has 0 aromatic heterocycles. The number of ketones is 1. The van der Waals surface area contributed by atoms with Crippen LogP contribution in [0.4, 0.5) is 0 Å². The Balaban J connectivity index is 3.03. The minimum absolute atomic E-state index is 0.171. The fourth-order valence-corrected chi connectivity index (χ4v) is 1.98. The molecule has 0 radical (unpaired) electrons. The number of Topliss-reactive ketones (excluding diaryl/α,β-unsaturated/α-hetero) is 1. The Morgan fingerprint density at radius 2 is 1.47 bits per heavy atom. The predicted molar refractivity (Wildman–Crippen MR) is 83.3 cm³/mol. The van der Waals surface area contributed by atoms with Crippen molar-refractivity contribution in [3.05, 3.63) is 34.4 Å². The van der Waals surface area contributed by atoms with Crippen molar-refractivity contribution in [1.29, 1.82) is 0 Å². The fraction of sp³-hybridized carbons (Fsp3) is 0.588. The number of rotatable bonds is 4. The van der Waals surface area contributed by atoms with Crippen LogP contribution in [0.3, 0.4) is 0 Å². The normalized spacial score (nSPS) is 12.6. The van der Waals surface area contributed by atoms with Crippen LogP contribution in [-0.4, -0.2) is 10.7 Å². The summed E-state index contributed by atoms with van der Waals surface area (Å²) < 4.78 is 0. The summed E-state index contributed by atoms with van der Waals surface area (Å²) in [5, 5.41) is 0. The quantitative estimate of drug-likeness (QED) is 0.545. The van der Waals surface area contributed by atoms with E-state index in [1.807, 2.05) is 39.8 Å². The predicted octanol–water partition coefficient (Wildman–Crippen LogP) is 5.23. The van der Waals surface area contributed by atoms with Crippen LogP contribution in [-0.2, 0) is 0 Å². The SMILES string of the molecule is Cc1cc(C(=O)CC(C)(C)C(C)(C)Cl)cc(C)c1C. The Bertz CT molecular complexity index is 469.